The van der Waals surface area contributed by atoms with E-state index in [1.165, 1.54) is 38.3 Å². The summed E-state index contributed by atoms with van der Waals surface area (Å²) in [6.07, 6.45) is 0. The lowest BCUT2D eigenvalue weighted by atomic mass is 10.1. The van der Waals surface area contributed by atoms with Gasteiger partial charge >= 0.3 is 0 Å². The number of hydrogen-bond donors (Lipinski definition) is 0. The van der Waals surface area contributed by atoms with Gasteiger partial charge in [-0.3, -0.25) is 4.57 Å². The van der Waals surface area contributed by atoms with Crippen molar-refractivity contribution >= 4 is 54.6 Å². The number of hydrogen-bond acceptors (Lipinski definition) is 1. The molecule has 0 spiro atoms. The predicted molar refractivity (Wildman–Crippen MR) is 149 cm³/mol. The zero-order valence-corrected chi connectivity index (χ0v) is 19.8. The Kier molecular flexibility index (Phi) is 3.84. The maximum absolute atomic E-state index is 5.07. The molecule has 3 aromatic heterocycles. The molecule has 0 radical (unpaired) electrons. The lowest BCUT2D eigenvalue weighted by Gasteiger charge is -2.09. The van der Waals surface area contributed by atoms with Crippen molar-refractivity contribution in [2.75, 3.05) is 0 Å². The molecule has 0 saturated heterocycles. The molecule has 0 aliphatic heterocycles. The number of benzene rings is 5. The van der Waals surface area contributed by atoms with Crippen LogP contribution in [0.2, 0.25) is 0 Å². The molecule has 4 nitrogen and oxygen atoms in total. The second kappa shape index (κ2) is 7.09. The minimum Gasteiger partial charge on any atom is -0.313 e. The molecule has 36 heavy (non-hydrogen) atoms. The minimum atomic E-state index is 0.925. The topological polar surface area (TPSA) is 27.7 Å². The Bertz CT molecular complexity index is 2110. The van der Waals surface area contributed by atoms with Gasteiger partial charge in [0.25, 0.3) is 0 Å². The van der Waals surface area contributed by atoms with Crippen LogP contribution in [0.5, 0.6) is 0 Å². The van der Waals surface area contributed by atoms with Crippen LogP contribution in [0, 0.1) is 0 Å². The highest BCUT2D eigenvalue weighted by Gasteiger charge is 2.20. The number of aromatic nitrogens is 4. The van der Waals surface area contributed by atoms with Gasteiger partial charge in [0.05, 0.1) is 33.1 Å². The molecule has 0 bridgehead atoms. The fourth-order valence-corrected chi connectivity index (χ4v) is 5.83. The summed E-state index contributed by atoms with van der Waals surface area (Å²) in [5.41, 5.74) is 8.05. The lowest BCUT2D eigenvalue weighted by molar-refractivity contribution is 0.870. The number of imidazole rings is 1. The first kappa shape index (κ1) is 19.5. The summed E-state index contributed by atoms with van der Waals surface area (Å²) in [6, 6.07) is 41.0. The Hall–Kier alpha value is -4.83. The fourth-order valence-electron chi connectivity index (χ4n) is 5.83. The van der Waals surface area contributed by atoms with Crippen molar-refractivity contribution in [3.8, 4) is 11.6 Å². The van der Waals surface area contributed by atoms with Crippen molar-refractivity contribution < 1.29 is 0 Å². The van der Waals surface area contributed by atoms with Crippen molar-refractivity contribution in [3.05, 3.63) is 115 Å². The van der Waals surface area contributed by atoms with Crippen LogP contribution in [0.1, 0.15) is 0 Å². The first-order chi connectivity index (χ1) is 17.8. The van der Waals surface area contributed by atoms with Crippen LogP contribution in [0.3, 0.4) is 0 Å². The highest BCUT2D eigenvalue weighted by atomic mass is 15.2. The van der Waals surface area contributed by atoms with Crippen LogP contribution in [0.15, 0.2) is 115 Å². The van der Waals surface area contributed by atoms with Crippen LogP contribution >= 0.6 is 0 Å². The zero-order chi connectivity index (χ0) is 23.8. The lowest BCUT2D eigenvalue weighted by Crippen LogP contribution is -2.02. The molecule has 0 N–H and O–H groups in total. The molecule has 4 heteroatoms. The van der Waals surface area contributed by atoms with E-state index < -0.39 is 0 Å². The van der Waals surface area contributed by atoms with Gasteiger partial charge in [-0.05, 0) is 48.5 Å². The highest BCUT2D eigenvalue weighted by Crippen LogP contribution is 2.39. The second-order valence-electron chi connectivity index (χ2n) is 9.39. The Balaban J connectivity index is 1.57. The van der Waals surface area contributed by atoms with Gasteiger partial charge in [0, 0.05) is 34.3 Å². The first-order valence-electron chi connectivity index (χ1n) is 12.2. The summed E-state index contributed by atoms with van der Waals surface area (Å²) in [7, 11) is 2.10. The standard InChI is InChI=1S/C32H22N4/c1-34-29-18-10-7-15-26(29)33-32(34)36-28-17-9-6-14-23(28)25-19-30-24(20-31(25)36)22-13-5-8-16-27(22)35(30)21-11-3-2-4-12-21/h2-20H,1H3. The maximum atomic E-state index is 5.07. The van der Waals surface area contributed by atoms with Crippen LogP contribution < -0.4 is 0 Å². The molecule has 0 aliphatic rings. The van der Waals surface area contributed by atoms with Gasteiger partial charge in [0.1, 0.15) is 0 Å². The molecular weight excluding hydrogens is 440 g/mol. The Labute approximate surface area is 207 Å². The van der Waals surface area contributed by atoms with Gasteiger partial charge in [-0.15, -0.1) is 0 Å². The van der Waals surface area contributed by atoms with Crippen molar-refractivity contribution in [2.24, 2.45) is 7.05 Å². The van der Waals surface area contributed by atoms with Gasteiger partial charge < -0.3 is 9.13 Å². The average Bonchev–Trinajstić information content (AvgIpc) is 3.55. The number of aryl methyl sites for hydroxylation is 1. The summed E-state index contributed by atoms with van der Waals surface area (Å²) < 4.78 is 6.89. The van der Waals surface area contributed by atoms with Crippen LogP contribution in [-0.2, 0) is 7.05 Å². The number of rotatable bonds is 2. The average molecular weight is 463 g/mol. The molecule has 3 heterocycles. The normalized spacial score (nSPS) is 12.0. The summed E-state index contributed by atoms with van der Waals surface area (Å²) in [6.45, 7) is 0. The van der Waals surface area contributed by atoms with Gasteiger partial charge in [-0.25, -0.2) is 4.98 Å². The largest absolute Gasteiger partial charge is 0.313 e. The summed E-state index contributed by atoms with van der Waals surface area (Å²) in [5.74, 6) is 0.925. The monoisotopic (exact) mass is 462 g/mol. The molecule has 5 aromatic carbocycles. The van der Waals surface area contributed by atoms with Crippen molar-refractivity contribution in [3.63, 3.8) is 0 Å². The zero-order valence-electron chi connectivity index (χ0n) is 19.8. The number of nitrogens with zero attached hydrogens (tertiary/aromatic N) is 4. The van der Waals surface area contributed by atoms with Crippen molar-refractivity contribution in [1.82, 2.24) is 18.7 Å². The van der Waals surface area contributed by atoms with E-state index in [2.05, 4.69) is 130 Å². The van der Waals surface area contributed by atoms with Gasteiger partial charge in [-0.1, -0.05) is 66.7 Å². The molecule has 0 aliphatic carbocycles. The Morgan fingerprint density at radius 1 is 0.472 bits per heavy atom. The molecule has 0 fully saturated rings. The van der Waals surface area contributed by atoms with E-state index in [0.717, 1.165) is 28.0 Å². The van der Waals surface area contributed by atoms with Crippen LogP contribution in [0.25, 0.3) is 66.3 Å². The molecule has 170 valence electrons. The fraction of sp³-hybridized carbons (Fsp3) is 0.0312. The Morgan fingerprint density at radius 2 is 1.00 bits per heavy atom. The number of fused-ring (bicyclic) bond motifs is 7. The third kappa shape index (κ3) is 2.50. The molecular formula is C32H22N4. The van der Waals surface area contributed by atoms with E-state index in [0.29, 0.717) is 0 Å². The van der Waals surface area contributed by atoms with E-state index >= 15 is 0 Å². The molecule has 8 rings (SSSR count). The highest BCUT2D eigenvalue weighted by molar-refractivity contribution is 6.18. The van der Waals surface area contributed by atoms with E-state index in [4.69, 9.17) is 4.98 Å². The Morgan fingerprint density at radius 3 is 1.67 bits per heavy atom. The second-order valence-corrected chi connectivity index (χ2v) is 9.39. The molecule has 0 saturated carbocycles. The quantitative estimate of drug-likeness (QED) is 0.258. The van der Waals surface area contributed by atoms with E-state index in [1.54, 1.807) is 0 Å². The minimum absolute atomic E-state index is 0.925. The van der Waals surface area contributed by atoms with Crippen molar-refractivity contribution in [1.29, 1.82) is 0 Å². The van der Waals surface area contributed by atoms with E-state index in [9.17, 15) is 0 Å². The molecule has 0 unspecified atom stereocenters. The SMILES string of the molecule is Cn1c(-n2c3ccccc3c3cc4c(cc32)c2ccccc2n4-c2ccccc2)nc2ccccc21. The maximum Gasteiger partial charge on any atom is 0.215 e. The molecule has 0 atom stereocenters. The smallest absolute Gasteiger partial charge is 0.215 e. The third-order valence-corrected chi connectivity index (χ3v) is 7.44. The van der Waals surface area contributed by atoms with Gasteiger partial charge in [0.2, 0.25) is 5.95 Å². The van der Waals surface area contributed by atoms with Gasteiger partial charge in [-0.2, -0.15) is 0 Å². The molecule has 8 aromatic rings. The van der Waals surface area contributed by atoms with E-state index in [1.807, 2.05) is 6.07 Å². The van der Waals surface area contributed by atoms with E-state index in [-0.39, 0.29) is 0 Å². The predicted octanol–water partition coefficient (Wildman–Crippen LogP) is 7.77. The number of para-hydroxylation sites is 5. The first-order valence-corrected chi connectivity index (χ1v) is 12.2. The van der Waals surface area contributed by atoms with Crippen molar-refractivity contribution in [2.45, 2.75) is 0 Å². The molecule has 0 amide bonds. The van der Waals surface area contributed by atoms with Crippen LogP contribution in [0.4, 0.5) is 0 Å². The summed E-state index contributed by atoms with van der Waals surface area (Å²) in [5, 5.41) is 4.95. The van der Waals surface area contributed by atoms with Gasteiger partial charge in [0.15, 0.2) is 0 Å². The summed E-state index contributed by atoms with van der Waals surface area (Å²) >= 11 is 0. The third-order valence-electron chi connectivity index (χ3n) is 7.44. The summed E-state index contributed by atoms with van der Waals surface area (Å²) in [4.78, 5) is 5.07. The van der Waals surface area contributed by atoms with Crippen LogP contribution in [-0.4, -0.2) is 18.7 Å².